The molecule has 246 valence electrons. The fourth-order valence-electron chi connectivity index (χ4n) is 4.23. The van der Waals surface area contributed by atoms with Crippen molar-refractivity contribution in [2.24, 2.45) is 0 Å². The van der Waals surface area contributed by atoms with Crippen LogP contribution in [0.2, 0.25) is 0 Å². The van der Waals surface area contributed by atoms with E-state index >= 15 is 0 Å². The van der Waals surface area contributed by atoms with Crippen LogP contribution in [0.25, 0.3) is 0 Å². The van der Waals surface area contributed by atoms with Crippen LogP contribution in [0.3, 0.4) is 0 Å². The third-order valence-electron chi connectivity index (χ3n) is 6.25. The van der Waals surface area contributed by atoms with Crippen molar-refractivity contribution in [1.29, 1.82) is 5.41 Å². The maximum atomic E-state index is 13.5. The van der Waals surface area contributed by atoms with E-state index in [1.165, 1.54) is 7.11 Å². The van der Waals surface area contributed by atoms with Crippen LogP contribution in [0.5, 0.6) is 17.2 Å². The van der Waals surface area contributed by atoms with Crippen molar-refractivity contribution in [3.63, 3.8) is 0 Å². The molecule has 0 heterocycles. The quantitative estimate of drug-likeness (QED) is 0.0880. The Morgan fingerprint density at radius 3 is 2.30 bits per heavy atom. The van der Waals surface area contributed by atoms with Gasteiger partial charge in [0, 0.05) is 29.0 Å². The Labute approximate surface area is 267 Å². The zero-order valence-corrected chi connectivity index (χ0v) is 26.5. The Bertz CT molecular complexity index is 1520. The van der Waals surface area contributed by atoms with Crippen LogP contribution in [0.4, 0.5) is 16.2 Å². The average Bonchev–Trinajstić information content (AvgIpc) is 3.03. The van der Waals surface area contributed by atoms with Gasteiger partial charge < -0.3 is 39.4 Å². The highest BCUT2D eigenvalue weighted by atomic mass is 16.6. The van der Waals surface area contributed by atoms with Crippen molar-refractivity contribution in [1.82, 2.24) is 5.32 Å². The van der Waals surface area contributed by atoms with Gasteiger partial charge in [0.25, 0.3) is 5.91 Å². The molecule has 0 spiro atoms. The Hall–Kier alpha value is -5.30. The second kappa shape index (κ2) is 17.3. The minimum atomic E-state index is -0.729. The lowest BCUT2D eigenvalue weighted by Crippen LogP contribution is -2.31. The minimum Gasteiger partial charge on any atom is -0.497 e. The Kier molecular flexibility index (Phi) is 13.2. The lowest BCUT2D eigenvalue weighted by atomic mass is 10.1. The molecule has 46 heavy (non-hydrogen) atoms. The topological polar surface area (TPSA) is 178 Å². The molecule has 2 amide bonds. The molecule has 3 rings (SSSR count). The van der Waals surface area contributed by atoms with Crippen LogP contribution in [0.1, 0.15) is 54.7 Å². The summed E-state index contributed by atoms with van der Waals surface area (Å²) in [5.74, 6) is -0.0253. The molecular formula is C33H40N4O9. The van der Waals surface area contributed by atoms with E-state index in [4.69, 9.17) is 29.1 Å². The van der Waals surface area contributed by atoms with E-state index in [2.05, 4.69) is 16.0 Å². The summed E-state index contributed by atoms with van der Waals surface area (Å²) in [5, 5.41) is 26.4. The molecule has 0 saturated carbocycles. The maximum Gasteiger partial charge on any atom is 0.412 e. The number of esters is 1. The van der Waals surface area contributed by atoms with E-state index in [0.717, 1.165) is 0 Å². The van der Waals surface area contributed by atoms with E-state index in [-0.39, 0.29) is 50.5 Å². The van der Waals surface area contributed by atoms with Crippen molar-refractivity contribution in [2.75, 3.05) is 37.6 Å². The number of amidine groups is 1. The summed E-state index contributed by atoms with van der Waals surface area (Å²) in [6.45, 7) is 6.98. The Morgan fingerprint density at radius 1 is 0.957 bits per heavy atom. The SMILES string of the molecule is CCOC(=O)COc1c(CNc2ccc(OC)cc2C(=O)Nc2ccc(C(=N)NC(=O)OCC)cc2)cc(CO)cc1OC(C)C. The van der Waals surface area contributed by atoms with Gasteiger partial charge in [0.15, 0.2) is 18.1 Å². The first-order valence-electron chi connectivity index (χ1n) is 14.7. The first-order chi connectivity index (χ1) is 22.1. The number of amides is 2. The van der Waals surface area contributed by atoms with Gasteiger partial charge in [0.1, 0.15) is 11.6 Å². The molecule has 0 unspecified atom stereocenters. The van der Waals surface area contributed by atoms with Crippen LogP contribution >= 0.6 is 0 Å². The molecule has 3 aromatic carbocycles. The molecule has 0 fully saturated rings. The number of benzene rings is 3. The van der Waals surface area contributed by atoms with Crippen molar-refractivity contribution in [3.05, 3.63) is 76.9 Å². The molecule has 0 bridgehead atoms. The Morgan fingerprint density at radius 2 is 1.67 bits per heavy atom. The third kappa shape index (κ3) is 10.1. The largest absolute Gasteiger partial charge is 0.497 e. The third-order valence-corrected chi connectivity index (χ3v) is 6.25. The predicted octanol–water partition coefficient (Wildman–Crippen LogP) is 4.85. The molecule has 0 saturated heterocycles. The number of hydrogen-bond donors (Lipinski definition) is 5. The van der Waals surface area contributed by atoms with Gasteiger partial charge in [-0.05, 0) is 87.9 Å². The van der Waals surface area contributed by atoms with Crippen molar-refractivity contribution < 1.29 is 43.2 Å². The molecule has 13 heteroatoms. The lowest BCUT2D eigenvalue weighted by Gasteiger charge is -2.20. The molecule has 5 N–H and O–H groups in total. The number of methoxy groups -OCH3 is 1. The Balaban J connectivity index is 1.86. The maximum absolute atomic E-state index is 13.5. The summed E-state index contributed by atoms with van der Waals surface area (Å²) in [4.78, 5) is 37.2. The minimum absolute atomic E-state index is 0.136. The summed E-state index contributed by atoms with van der Waals surface area (Å²) in [5.41, 5.74) is 2.74. The van der Waals surface area contributed by atoms with E-state index in [1.807, 2.05) is 13.8 Å². The molecule has 3 aromatic rings. The van der Waals surface area contributed by atoms with E-state index in [1.54, 1.807) is 68.4 Å². The van der Waals surface area contributed by atoms with Crippen molar-refractivity contribution >= 4 is 35.2 Å². The van der Waals surface area contributed by atoms with Crippen LogP contribution in [0, 0.1) is 5.41 Å². The monoisotopic (exact) mass is 636 g/mol. The average molecular weight is 637 g/mol. The molecular weight excluding hydrogens is 596 g/mol. The molecule has 0 radical (unpaired) electrons. The number of alkyl carbamates (subject to hydrolysis) is 1. The van der Waals surface area contributed by atoms with Gasteiger partial charge in [-0.1, -0.05) is 0 Å². The van der Waals surface area contributed by atoms with Gasteiger partial charge in [-0.15, -0.1) is 0 Å². The van der Waals surface area contributed by atoms with Crippen molar-refractivity contribution in [3.8, 4) is 17.2 Å². The lowest BCUT2D eigenvalue weighted by molar-refractivity contribution is -0.145. The molecule has 0 aromatic heterocycles. The highest BCUT2D eigenvalue weighted by Crippen LogP contribution is 2.35. The smallest absolute Gasteiger partial charge is 0.412 e. The molecule has 13 nitrogen and oxygen atoms in total. The van der Waals surface area contributed by atoms with Crippen LogP contribution in [0.15, 0.2) is 54.6 Å². The first kappa shape index (κ1) is 35.2. The number of ether oxygens (including phenoxy) is 5. The van der Waals surface area contributed by atoms with E-state index in [0.29, 0.717) is 45.3 Å². The first-order valence-corrected chi connectivity index (χ1v) is 14.7. The molecule has 0 atom stereocenters. The summed E-state index contributed by atoms with van der Waals surface area (Å²) in [6.07, 6.45) is -0.947. The van der Waals surface area contributed by atoms with Gasteiger partial charge >= 0.3 is 12.1 Å². The molecule has 0 aliphatic rings. The number of hydrogen-bond acceptors (Lipinski definition) is 11. The highest BCUT2D eigenvalue weighted by molar-refractivity contribution is 6.09. The van der Waals surface area contributed by atoms with Gasteiger partial charge in [-0.25, -0.2) is 9.59 Å². The summed E-state index contributed by atoms with van der Waals surface area (Å²) < 4.78 is 27.0. The number of carbonyl (C=O) groups excluding carboxylic acids is 3. The van der Waals surface area contributed by atoms with Crippen LogP contribution in [-0.4, -0.2) is 61.9 Å². The molecule has 0 aliphatic heterocycles. The number of anilines is 2. The fourth-order valence-corrected chi connectivity index (χ4v) is 4.23. The number of carbonyl (C=O) groups is 3. The zero-order valence-electron chi connectivity index (χ0n) is 26.5. The zero-order chi connectivity index (χ0) is 33.6. The predicted molar refractivity (Wildman–Crippen MR) is 172 cm³/mol. The van der Waals surface area contributed by atoms with Gasteiger partial charge in [-0.2, -0.15) is 0 Å². The van der Waals surface area contributed by atoms with E-state index < -0.39 is 18.0 Å². The fraction of sp³-hybridized carbons (Fsp3) is 0.333. The number of aliphatic hydroxyl groups excluding tert-OH is 1. The van der Waals surface area contributed by atoms with Crippen molar-refractivity contribution in [2.45, 2.75) is 47.0 Å². The number of rotatable bonds is 15. The summed E-state index contributed by atoms with van der Waals surface area (Å²) in [7, 11) is 1.49. The second-order valence-electron chi connectivity index (χ2n) is 10.0. The van der Waals surface area contributed by atoms with E-state index in [9.17, 15) is 19.5 Å². The number of aliphatic hydroxyl groups is 1. The second-order valence-corrected chi connectivity index (χ2v) is 10.0. The summed E-state index contributed by atoms with van der Waals surface area (Å²) in [6, 6.07) is 14.7. The standard InChI is InChI=1S/C33H40N4O9/c1-6-43-29(39)19-45-30-23(14-21(18-38)15-28(30)46-20(3)4)17-35-27-13-12-25(42-5)16-26(27)32(40)36-24-10-8-22(9-11-24)31(34)37-33(41)44-7-2/h8-16,20,35,38H,6-7,17-19H2,1-5H3,(H,36,40)(H2,34,37,41). The van der Waals surface area contributed by atoms with Gasteiger partial charge in [0.05, 0.1) is 38.6 Å². The summed E-state index contributed by atoms with van der Waals surface area (Å²) >= 11 is 0. The molecule has 0 aliphatic carbocycles. The van der Waals surface area contributed by atoms with Crippen LogP contribution in [-0.2, 0) is 27.4 Å². The highest BCUT2D eigenvalue weighted by Gasteiger charge is 2.19. The van der Waals surface area contributed by atoms with Gasteiger partial charge in [-0.3, -0.25) is 15.5 Å². The van der Waals surface area contributed by atoms with Crippen LogP contribution < -0.4 is 30.2 Å². The number of nitrogens with one attached hydrogen (secondary N) is 4. The normalized spacial score (nSPS) is 10.5. The van der Waals surface area contributed by atoms with Gasteiger partial charge in [0.2, 0.25) is 0 Å².